The fourth-order valence-electron chi connectivity index (χ4n) is 2.09. The van der Waals surface area contributed by atoms with Crippen molar-refractivity contribution in [3.63, 3.8) is 0 Å². The van der Waals surface area contributed by atoms with E-state index in [0.29, 0.717) is 0 Å². The fraction of sp³-hybridized carbons (Fsp3) is 0.600. The van der Waals surface area contributed by atoms with Crippen molar-refractivity contribution in [3.8, 4) is 5.75 Å². The molecule has 0 bridgehead atoms. The fourth-order valence-corrected chi connectivity index (χ4v) is 2.09. The Hall–Kier alpha value is -1.02. The summed E-state index contributed by atoms with van der Waals surface area (Å²) in [5.41, 5.74) is 3.85. The molecule has 1 aromatic carbocycles. The van der Waals surface area contributed by atoms with Crippen molar-refractivity contribution < 1.29 is 9.84 Å². The van der Waals surface area contributed by atoms with Crippen LogP contribution in [0.2, 0.25) is 0 Å². The van der Waals surface area contributed by atoms with Crippen molar-refractivity contribution in [2.45, 2.75) is 52.9 Å². The highest BCUT2D eigenvalue weighted by atomic mass is 16.6. The normalized spacial score (nSPS) is 10.6. The Labute approximate surface area is 105 Å². The zero-order valence-electron chi connectivity index (χ0n) is 11.3. The summed E-state index contributed by atoms with van der Waals surface area (Å²) in [6, 6.07) is 4.09. The quantitative estimate of drug-likeness (QED) is 0.577. The van der Waals surface area contributed by atoms with E-state index < -0.39 is 0 Å². The van der Waals surface area contributed by atoms with Gasteiger partial charge in [-0.3, -0.25) is 0 Å². The number of unbranched alkanes of at least 4 members (excludes halogenated alkanes) is 3. The molecule has 0 heterocycles. The zero-order valence-corrected chi connectivity index (χ0v) is 11.3. The predicted octanol–water partition coefficient (Wildman–Crippen LogP) is 3.75. The summed E-state index contributed by atoms with van der Waals surface area (Å²) in [4.78, 5) is 0. The molecule has 0 radical (unpaired) electrons. The number of aliphatic hydroxyl groups is 1. The Kier molecular flexibility index (Phi) is 6.06. The van der Waals surface area contributed by atoms with Gasteiger partial charge in [-0.1, -0.05) is 32.3 Å². The second kappa shape index (κ2) is 7.33. The molecule has 0 aliphatic rings. The molecule has 1 aromatic rings. The average Bonchev–Trinajstić information content (AvgIpc) is 2.33. The van der Waals surface area contributed by atoms with Gasteiger partial charge in [-0.2, -0.15) is 0 Å². The molecule has 0 unspecified atom stereocenters. The third-order valence-corrected chi connectivity index (χ3v) is 3.37. The lowest BCUT2D eigenvalue weighted by Crippen LogP contribution is -2.00. The van der Waals surface area contributed by atoms with Crippen LogP contribution in [0.4, 0.5) is 0 Å². The van der Waals surface area contributed by atoms with Crippen LogP contribution in [-0.2, 0) is 6.42 Å². The minimum atomic E-state index is -0.254. The first-order valence-corrected chi connectivity index (χ1v) is 6.53. The molecule has 2 heteroatoms. The second-order valence-electron chi connectivity index (χ2n) is 4.56. The highest BCUT2D eigenvalue weighted by Crippen LogP contribution is 2.25. The third-order valence-electron chi connectivity index (χ3n) is 3.37. The van der Waals surface area contributed by atoms with Crippen LogP contribution in [-0.4, -0.2) is 11.9 Å². The number of aryl methyl sites for hydroxylation is 1. The number of hydrogen-bond donors (Lipinski definition) is 1. The molecule has 0 aliphatic heterocycles. The van der Waals surface area contributed by atoms with Crippen molar-refractivity contribution >= 4 is 0 Å². The molecule has 0 saturated heterocycles. The highest BCUT2D eigenvalue weighted by molar-refractivity contribution is 5.43. The third kappa shape index (κ3) is 4.04. The van der Waals surface area contributed by atoms with Gasteiger partial charge in [0.05, 0.1) is 0 Å². The van der Waals surface area contributed by atoms with E-state index in [9.17, 15) is 0 Å². The summed E-state index contributed by atoms with van der Waals surface area (Å²) in [7, 11) is 0. The van der Waals surface area contributed by atoms with Crippen LogP contribution in [0.25, 0.3) is 0 Å². The standard InChI is InChI=1S/C15H24O2/c1-4-5-6-7-8-14-9-10-15(17-11-16)13(3)12(14)2/h9-10,16H,4-8,11H2,1-3H3. The molecule has 17 heavy (non-hydrogen) atoms. The summed E-state index contributed by atoms with van der Waals surface area (Å²) in [6.07, 6.45) is 6.31. The largest absolute Gasteiger partial charge is 0.467 e. The van der Waals surface area contributed by atoms with Gasteiger partial charge in [-0.05, 0) is 49.4 Å². The average molecular weight is 236 g/mol. The minimum Gasteiger partial charge on any atom is -0.467 e. The number of aliphatic hydroxyl groups excluding tert-OH is 1. The minimum absolute atomic E-state index is 0.254. The van der Waals surface area contributed by atoms with Gasteiger partial charge in [-0.25, -0.2) is 0 Å². The first-order chi connectivity index (χ1) is 8.20. The topological polar surface area (TPSA) is 29.5 Å². The van der Waals surface area contributed by atoms with Crippen molar-refractivity contribution in [2.24, 2.45) is 0 Å². The Morgan fingerprint density at radius 3 is 2.47 bits per heavy atom. The van der Waals surface area contributed by atoms with Crippen molar-refractivity contribution in [2.75, 3.05) is 6.79 Å². The van der Waals surface area contributed by atoms with Gasteiger partial charge in [0.2, 0.25) is 0 Å². The lowest BCUT2D eigenvalue weighted by molar-refractivity contribution is 0.0978. The van der Waals surface area contributed by atoms with E-state index in [0.717, 1.165) is 17.7 Å². The molecule has 1 rings (SSSR count). The number of hydrogen-bond acceptors (Lipinski definition) is 2. The summed E-state index contributed by atoms with van der Waals surface area (Å²) in [6.45, 7) is 6.16. The van der Waals surface area contributed by atoms with Crippen molar-refractivity contribution in [1.29, 1.82) is 0 Å². The molecule has 0 amide bonds. The van der Waals surface area contributed by atoms with E-state index in [4.69, 9.17) is 9.84 Å². The SMILES string of the molecule is CCCCCCc1ccc(OCO)c(C)c1C. The van der Waals surface area contributed by atoms with Gasteiger partial charge >= 0.3 is 0 Å². The van der Waals surface area contributed by atoms with Gasteiger partial charge in [0.25, 0.3) is 0 Å². The highest BCUT2D eigenvalue weighted by Gasteiger charge is 2.06. The molecular weight excluding hydrogens is 212 g/mol. The molecule has 0 fully saturated rings. The van der Waals surface area contributed by atoms with E-state index >= 15 is 0 Å². The van der Waals surface area contributed by atoms with Crippen LogP contribution in [0.15, 0.2) is 12.1 Å². The van der Waals surface area contributed by atoms with Gasteiger partial charge < -0.3 is 9.84 Å². The van der Waals surface area contributed by atoms with E-state index in [1.54, 1.807) is 0 Å². The molecule has 1 N–H and O–H groups in total. The molecule has 0 atom stereocenters. The summed E-state index contributed by atoms with van der Waals surface area (Å²) >= 11 is 0. The number of ether oxygens (including phenoxy) is 1. The van der Waals surface area contributed by atoms with E-state index in [1.807, 2.05) is 6.07 Å². The van der Waals surface area contributed by atoms with Crippen LogP contribution in [0.3, 0.4) is 0 Å². The summed E-state index contributed by atoms with van der Waals surface area (Å²) in [5, 5.41) is 8.78. The Morgan fingerprint density at radius 1 is 1.06 bits per heavy atom. The van der Waals surface area contributed by atoms with Gasteiger partial charge in [0.15, 0.2) is 6.79 Å². The first kappa shape index (κ1) is 14.0. The van der Waals surface area contributed by atoms with Gasteiger partial charge in [-0.15, -0.1) is 0 Å². The van der Waals surface area contributed by atoms with Crippen LogP contribution < -0.4 is 4.74 Å². The predicted molar refractivity (Wildman–Crippen MR) is 71.5 cm³/mol. The molecule has 0 saturated carbocycles. The summed E-state index contributed by atoms with van der Waals surface area (Å²) < 4.78 is 5.17. The monoisotopic (exact) mass is 236 g/mol. The number of rotatable bonds is 7. The van der Waals surface area contributed by atoms with E-state index in [-0.39, 0.29) is 6.79 Å². The lowest BCUT2D eigenvalue weighted by atomic mass is 9.97. The van der Waals surface area contributed by atoms with Gasteiger partial charge in [0.1, 0.15) is 5.75 Å². The van der Waals surface area contributed by atoms with Crippen LogP contribution >= 0.6 is 0 Å². The van der Waals surface area contributed by atoms with Gasteiger partial charge in [0, 0.05) is 0 Å². The van der Waals surface area contributed by atoms with Crippen molar-refractivity contribution in [3.05, 3.63) is 28.8 Å². The molecule has 96 valence electrons. The number of benzene rings is 1. The molecule has 0 spiro atoms. The maximum atomic E-state index is 8.78. The van der Waals surface area contributed by atoms with Crippen molar-refractivity contribution in [1.82, 2.24) is 0 Å². The maximum Gasteiger partial charge on any atom is 0.186 e. The first-order valence-electron chi connectivity index (χ1n) is 6.53. The van der Waals surface area contributed by atoms with Crippen LogP contribution in [0.5, 0.6) is 5.75 Å². The molecule has 2 nitrogen and oxygen atoms in total. The molecule has 0 aliphatic carbocycles. The smallest absolute Gasteiger partial charge is 0.186 e. The summed E-state index contributed by atoms with van der Waals surface area (Å²) in [5.74, 6) is 0.794. The van der Waals surface area contributed by atoms with E-state index in [1.165, 1.54) is 36.8 Å². The Morgan fingerprint density at radius 2 is 1.82 bits per heavy atom. The lowest BCUT2D eigenvalue weighted by Gasteiger charge is -2.13. The maximum absolute atomic E-state index is 8.78. The zero-order chi connectivity index (χ0) is 12.7. The Bertz CT molecular complexity index is 345. The van der Waals surface area contributed by atoms with E-state index in [2.05, 4.69) is 26.8 Å². The molecular formula is C15H24O2. The van der Waals surface area contributed by atoms with Crippen LogP contribution in [0.1, 0.15) is 49.3 Å². The molecule has 0 aromatic heterocycles. The Balaban J connectivity index is 2.64. The second-order valence-corrected chi connectivity index (χ2v) is 4.56. The van der Waals surface area contributed by atoms with Crippen LogP contribution in [0, 0.1) is 13.8 Å².